The molecule has 1 aromatic carbocycles. The van der Waals surface area contributed by atoms with Gasteiger partial charge in [0.2, 0.25) is 0 Å². The van der Waals surface area contributed by atoms with Crippen LogP contribution in [0.25, 0.3) is 11.3 Å². The first-order chi connectivity index (χ1) is 8.13. The van der Waals surface area contributed by atoms with Crippen LogP contribution in [0, 0.1) is 0 Å². The second-order valence-corrected chi connectivity index (χ2v) is 3.66. The second kappa shape index (κ2) is 4.45. The smallest absolute Gasteiger partial charge is 0.172 e. The molecule has 4 nitrogen and oxygen atoms in total. The lowest BCUT2D eigenvalue weighted by Crippen LogP contribution is -1.95. The van der Waals surface area contributed by atoms with Gasteiger partial charge in [0.1, 0.15) is 11.9 Å². The molecule has 1 atom stereocenters. The Kier molecular flexibility index (Phi) is 2.99. The molecule has 2 N–H and O–H groups in total. The van der Waals surface area contributed by atoms with Gasteiger partial charge in [0, 0.05) is 11.6 Å². The number of nitrogens with zero attached hydrogens (tertiary/aromatic N) is 1. The number of para-hydroxylation sites is 1. The van der Waals surface area contributed by atoms with Crippen LogP contribution in [0.3, 0.4) is 0 Å². The van der Waals surface area contributed by atoms with Gasteiger partial charge in [-0.05, 0) is 13.0 Å². The summed E-state index contributed by atoms with van der Waals surface area (Å²) < 4.78 is 23.7. The number of nitrogen functional groups attached to an aromatic ring is 1. The first kappa shape index (κ1) is 11.4. The largest absolute Gasteiger partial charge is 0.496 e. The molecule has 0 saturated heterocycles. The van der Waals surface area contributed by atoms with E-state index in [-0.39, 0.29) is 5.82 Å². The number of benzene rings is 1. The van der Waals surface area contributed by atoms with Crippen LogP contribution in [0.5, 0.6) is 5.75 Å². The lowest BCUT2D eigenvalue weighted by atomic mass is 10.0. The molecule has 5 heteroatoms. The van der Waals surface area contributed by atoms with Crippen LogP contribution in [0.2, 0.25) is 0 Å². The molecule has 0 saturated carbocycles. The summed E-state index contributed by atoms with van der Waals surface area (Å²) in [6, 6.07) is 6.75. The summed E-state index contributed by atoms with van der Waals surface area (Å²) in [5.74, 6) is 1.18. The zero-order valence-electron chi connectivity index (χ0n) is 9.61. The summed E-state index contributed by atoms with van der Waals surface area (Å²) in [5, 5.41) is 3.60. The maximum Gasteiger partial charge on any atom is 0.172 e. The van der Waals surface area contributed by atoms with Crippen molar-refractivity contribution in [3.63, 3.8) is 0 Å². The monoisotopic (exact) mass is 236 g/mol. The third kappa shape index (κ3) is 2.08. The van der Waals surface area contributed by atoms with Gasteiger partial charge in [0.15, 0.2) is 11.6 Å². The molecule has 0 aliphatic carbocycles. The molecule has 1 aromatic heterocycles. The van der Waals surface area contributed by atoms with Gasteiger partial charge in [-0.1, -0.05) is 17.3 Å². The third-order valence-electron chi connectivity index (χ3n) is 2.47. The van der Waals surface area contributed by atoms with Gasteiger partial charge < -0.3 is 15.0 Å². The van der Waals surface area contributed by atoms with E-state index in [4.69, 9.17) is 15.0 Å². The Bertz CT molecular complexity index is 523. The average molecular weight is 236 g/mol. The van der Waals surface area contributed by atoms with Gasteiger partial charge in [-0.2, -0.15) is 0 Å². The van der Waals surface area contributed by atoms with Gasteiger partial charge in [0.25, 0.3) is 0 Å². The first-order valence-electron chi connectivity index (χ1n) is 5.17. The summed E-state index contributed by atoms with van der Waals surface area (Å²) in [5.41, 5.74) is 6.60. The first-order valence-corrected chi connectivity index (χ1v) is 5.17. The topological polar surface area (TPSA) is 61.3 Å². The number of halogens is 1. The molecule has 0 aliphatic heterocycles. The molecule has 90 valence electrons. The van der Waals surface area contributed by atoms with Crippen LogP contribution in [0.4, 0.5) is 10.2 Å². The molecule has 17 heavy (non-hydrogen) atoms. The van der Waals surface area contributed by atoms with Crippen LogP contribution in [-0.2, 0) is 0 Å². The highest BCUT2D eigenvalue weighted by Gasteiger charge is 2.17. The van der Waals surface area contributed by atoms with E-state index in [2.05, 4.69) is 5.16 Å². The van der Waals surface area contributed by atoms with Crippen molar-refractivity contribution < 1.29 is 13.7 Å². The Hall–Kier alpha value is -2.04. The van der Waals surface area contributed by atoms with E-state index >= 15 is 0 Å². The lowest BCUT2D eigenvalue weighted by molar-refractivity contribution is 0.346. The molecule has 0 amide bonds. The highest BCUT2D eigenvalue weighted by atomic mass is 19.1. The standard InChI is InChI=1S/C12H13FN2O2/c1-7(13)8-4-3-5-9(12(8)16-2)10-6-11(14)15-17-10/h3-7H,1-2H3,(H2,14,15). The molecule has 2 rings (SSSR count). The van der Waals surface area contributed by atoms with E-state index in [9.17, 15) is 4.39 Å². The average Bonchev–Trinajstić information content (AvgIpc) is 2.74. The molecule has 0 radical (unpaired) electrons. The van der Waals surface area contributed by atoms with Crippen molar-refractivity contribution in [1.82, 2.24) is 5.16 Å². The molecule has 1 unspecified atom stereocenters. The van der Waals surface area contributed by atoms with Crippen molar-refractivity contribution in [3.05, 3.63) is 29.8 Å². The number of alkyl halides is 1. The maximum atomic E-state index is 13.4. The van der Waals surface area contributed by atoms with Gasteiger partial charge in [-0.15, -0.1) is 0 Å². The quantitative estimate of drug-likeness (QED) is 0.889. The maximum absolute atomic E-state index is 13.4. The SMILES string of the molecule is COc1c(-c2cc(N)no2)cccc1C(C)F. The molecule has 2 aromatic rings. The minimum absolute atomic E-state index is 0.278. The number of ether oxygens (including phenoxy) is 1. The molecule has 0 fully saturated rings. The highest BCUT2D eigenvalue weighted by molar-refractivity contribution is 5.69. The van der Waals surface area contributed by atoms with E-state index in [0.29, 0.717) is 22.6 Å². The van der Waals surface area contributed by atoms with Crippen molar-refractivity contribution >= 4 is 5.82 Å². The molecular weight excluding hydrogens is 223 g/mol. The molecule has 0 aliphatic rings. The normalized spacial score (nSPS) is 12.4. The van der Waals surface area contributed by atoms with Crippen molar-refractivity contribution in [2.24, 2.45) is 0 Å². The van der Waals surface area contributed by atoms with Crippen LogP contribution >= 0.6 is 0 Å². The van der Waals surface area contributed by atoms with E-state index in [0.717, 1.165) is 0 Å². The fourth-order valence-electron chi connectivity index (χ4n) is 1.71. The fourth-order valence-corrected chi connectivity index (χ4v) is 1.71. The van der Waals surface area contributed by atoms with E-state index in [1.165, 1.54) is 14.0 Å². The number of rotatable bonds is 3. The van der Waals surface area contributed by atoms with E-state index in [1.54, 1.807) is 24.3 Å². The van der Waals surface area contributed by atoms with Crippen LogP contribution in [0.15, 0.2) is 28.8 Å². The summed E-state index contributed by atoms with van der Waals surface area (Å²) in [6.07, 6.45) is -1.12. The molecule has 0 bridgehead atoms. The number of nitrogens with two attached hydrogens (primary N) is 1. The van der Waals surface area contributed by atoms with Gasteiger partial charge in [-0.25, -0.2) is 4.39 Å². The van der Waals surface area contributed by atoms with Crippen molar-refractivity contribution in [3.8, 4) is 17.1 Å². The van der Waals surface area contributed by atoms with E-state index in [1.807, 2.05) is 0 Å². The number of aromatic nitrogens is 1. The summed E-state index contributed by atoms with van der Waals surface area (Å²) >= 11 is 0. The Morgan fingerprint density at radius 2 is 2.24 bits per heavy atom. The summed E-state index contributed by atoms with van der Waals surface area (Å²) in [4.78, 5) is 0. The summed E-state index contributed by atoms with van der Waals surface area (Å²) in [7, 11) is 1.49. The van der Waals surface area contributed by atoms with Crippen molar-refractivity contribution in [2.75, 3.05) is 12.8 Å². The van der Waals surface area contributed by atoms with Crippen molar-refractivity contribution in [1.29, 1.82) is 0 Å². The Morgan fingerprint density at radius 1 is 1.47 bits per heavy atom. The summed E-state index contributed by atoms with van der Waals surface area (Å²) in [6.45, 7) is 1.45. The van der Waals surface area contributed by atoms with Crippen LogP contribution < -0.4 is 10.5 Å². The predicted octanol–water partition coefficient (Wildman–Crippen LogP) is 2.96. The van der Waals surface area contributed by atoms with Gasteiger partial charge in [-0.3, -0.25) is 0 Å². The Labute approximate surface area is 98.2 Å². The highest BCUT2D eigenvalue weighted by Crippen LogP contribution is 2.37. The predicted molar refractivity (Wildman–Crippen MR) is 62.4 cm³/mol. The minimum atomic E-state index is -1.12. The zero-order valence-corrected chi connectivity index (χ0v) is 9.61. The fraction of sp³-hybridized carbons (Fsp3) is 0.250. The zero-order chi connectivity index (χ0) is 12.4. The van der Waals surface area contributed by atoms with Gasteiger partial charge >= 0.3 is 0 Å². The van der Waals surface area contributed by atoms with Crippen molar-refractivity contribution in [2.45, 2.75) is 13.1 Å². The minimum Gasteiger partial charge on any atom is -0.496 e. The number of methoxy groups -OCH3 is 1. The van der Waals surface area contributed by atoms with Crippen LogP contribution in [-0.4, -0.2) is 12.3 Å². The number of hydrogen-bond donors (Lipinski definition) is 1. The van der Waals surface area contributed by atoms with Gasteiger partial charge in [0.05, 0.1) is 12.7 Å². The molecular formula is C12H13FN2O2. The molecule has 0 spiro atoms. The van der Waals surface area contributed by atoms with Crippen LogP contribution in [0.1, 0.15) is 18.7 Å². The van der Waals surface area contributed by atoms with E-state index < -0.39 is 6.17 Å². The lowest BCUT2D eigenvalue weighted by Gasteiger charge is -2.12. The number of hydrogen-bond acceptors (Lipinski definition) is 4. The Morgan fingerprint density at radius 3 is 2.76 bits per heavy atom. The third-order valence-corrected chi connectivity index (χ3v) is 2.47. The molecule has 1 heterocycles. The second-order valence-electron chi connectivity index (χ2n) is 3.66. The Balaban J connectivity index is 2.58. The number of anilines is 1.